The van der Waals surface area contributed by atoms with Gasteiger partial charge in [-0.2, -0.15) is 0 Å². The number of nitrogens with zero attached hydrogens (tertiary/aromatic N) is 2. The fourth-order valence-electron chi connectivity index (χ4n) is 3.51. The molecule has 0 aliphatic carbocycles. The quantitative estimate of drug-likeness (QED) is 0.386. The second kappa shape index (κ2) is 9.41. The molecule has 1 unspecified atom stereocenters. The predicted octanol–water partition coefficient (Wildman–Crippen LogP) is 3.43. The average molecular weight is 445 g/mol. The zero-order chi connectivity index (χ0) is 22.7. The van der Waals surface area contributed by atoms with Gasteiger partial charge in [0.25, 0.3) is 11.7 Å². The highest BCUT2D eigenvalue weighted by molar-refractivity contribution is 6.47. The van der Waals surface area contributed by atoms with Crippen LogP contribution in [-0.4, -0.2) is 65.5 Å². The topological polar surface area (TPSA) is 90.3 Å². The van der Waals surface area contributed by atoms with Crippen molar-refractivity contribution in [1.82, 2.24) is 9.80 Å². The maximum absolute atomic E-state index is 13.0. The number of hydrogen-bond acceptors (Lipinski definition) is 6. The second-order valence-corrected chi connectivity index (χ2v) is 7.87. The molecule has 1 aliphatic rings. The molecule has 0 saturated carbocycles. The summed E-state index contributed by atoms with van der Waals surface area (Å²) < 4.78 is 5.49. The Hall–Kier alpha value is -3.03. The third-order valence-corrected chi connectivity index (χ3v) is 5.37. The van der Waals surface area contributed by atoms with Gasteiger partial charge in [-0.3, -0.25) is 9.59 Å². The first-order valence-corrected chi connectivity index (χ1v) is 10.3. The second-order valence-electron chi connectivity index (χ2n) is 7.46. The lowest BCUT2D eigenvalue weighted by atomic mass is 9.95. The van der Waals surface area contributed by atoms with Gasteiger partial charge in [0.1, 0.15) is 17.3 Å². The van der Waals surface area contributed by atoms with Crippen molar-refractivity contribution in [2.45, 2.75) is 13.0 Å². The lowest BCUT2D eigenvalue weighted by Gasteiger charge is -2.26. The number of likely N-dealkylation sites (N-methyl/N-ethyl adjacent to an activating group) is 1. The van der Waals surface area contributed by atoms with Gasteiger partial charge in [0.2, 0.25) is 0 Å². The molecule has 2 aromatic rings. The molecule has 8 heteroatoms. The molecular formula is C23H25ClN2O5. The Bertz CT molecular complexity index is 1020. The molecule has 164 valence electrons. The first-order chi connectivity index (χ1) is 14.7. The van der Waals surface area contributed by atoms with E-state index in [1.165, 1.54) is 17.0 Å². The predicted molar refractivity (Wildman–Crippen MR) is 118 cm³/mol. The van der Waals surface area contributed by atoms with Crippen LogP contribution in [0.25, 0.3) is 5.76 Å². The van der Waals surface area contributed by atoms with Crippen LogP contribution in [0.4, 0.5) is 0 Å². The largest absolute Gasteiger partial charge is 0.508 e. The van der Waals surface area contributed by atoms with Crippen molar-refractivity contribution in [3.63, 3.8) is 0 Å². The monoisotopic (exact) mass is 444 g/mol. The fraction of sp³-hybridized carbons (Fsp3) is 0.304. The first-order valence-electron chi connectivity index (χ1n) is 9.89. The number of amides is 1. The van der Waals surface area contributed by atoms with Gasteiger partial charge in [-0.05, 0) is 56.9 Å². The summed E-state index contributed by atoms with van der Waals surface area (Å²) in [4.78, 5) is 29.2. The minimum atomic E-state index is -0.813. The molecule has 31 heavy (non-hydrogen) atoms. The minimum absolute atomic E-state index is 0.0509. The van der Waals surface area contributed by atoms with Crippen molar-refractivity contribution in [3.05, 3.63) is 64.2 Å². The summed E-state index contributed by atoms with van der Waals surface area (Å²) in [6, 6.07) is 10.2. The Kier molecular flexibility index (Phi) is 6.87. The Morgan fingerprint density at radius 2 is 1.84 bits per heavy atom. The maximum Gasteiger partial charge on any atom is 0.295 e. The van der Waals surface area contributed by atoms with E-state index < -0.39 is 17.7 Å². The first kappa shape index (κ1) is 22.7. The van der Waals surface area contributed by atoms with Crippen LogP contribution in [0, 0.1) is 0 Å². The molecule has 2 aromatic carbocycles. The van der Waals surface area contributed by atoms with Crippen molar-refractivity contribution in [3.8, 4) is 11.5 Å². The molecule has 3 rings (SSSR count). The van der Waals surface area contributed by atoms with Crippen molar-refractivity contribution in [2.24, 2.45) is 0 Å². The number of carbonyl (C=O) groups is 2. The molecule has 1 heterocycles. The number of phenolic OH excluding ortho intramolecular Hbond substituents is 1. The summed E-state index contributed by atoms with van der Waals surface area (Å²) in [5.41, 5.74) is 0.751. The van der Waals surface area contributed by atoms with Crippen LogP contribution in [0.1, 0.15) is 24.1 Å². The van der Waals surface area contributed by atoms with Crippen LogP contribution in [0.2, 0.25) is 5.02 Å². The number of aliphatic hydroxyl groups excluding tert-OH is 1. The molecule has 2 N–H and O–H groups in total. The van der Waals surface area contributed by atoms with Gasteiger partial charge in [0, 0.05) is 18.7 Å². The SMILES string of the molecule is CCOc1ccc(Cl)c(/C(O)=C2\C(=O)C(=O)N(CCN(C)C)C2c2ccc(O)cc2)c1. The van der Waals surface area contributed by atoms with E-state index in [1.54, 1.807) is 30.3 Å². The number of hydrogen-bond donors (Lipinski definition) is 2. The minimum Gasteiger partial charge on any atom is -0.508 e. The molecule has 0 spiro atoms. The van der Waals surface area contributed by atoms with Crippen LogP contribution >= 0.6 is 11.6 Å². The summed E-state index contributed by atoms with van der Waals surface area (Å²) in [7, 11) is 3.73. The molecule has 7 nitrogen and oxygen atoms in total. The number of halogens is 1. The number of phenols is 1. The normalized spacial score (nSPS) is 18.1. The van der Waals surface area contributed by atoms with Crippen molar-refractivity contribution in [2.75, 3.05) is 33.8 Å². The van der Waals surface area contributed by atoms with Crippen LogP contribution in [0.3, 0.4) is 0 Å². The van der Waals surface area contributed by atoms with Gasteiger partial charge in [-0.1, -0.05) is 23.7 Å². The fourth-order valence-corrected chi connectivity index (χ4v) is 3.72. The zero-order valence-corrected chi connectivity index (χ0v) is 18.4. The van der Waals surface area contributed by atoms with Crippen LogP contribution in [-0.2, 0) is 9.59 Å². The number of likely N-dealkylation sites (tertiary alicyclic amines) is 1. The van der Waals surface area contributed by atoms with E-state index in [0.29, 0.717) is 24.5 Å². The molecule has 1 amide bonds. The zero-order valence-electron chi connectivity index (χ0n) is 17.6. The Labute approximate surface area is 186 Å². The highest BCUT2D eigenvalue weighted by Gasteiger charge is 2.46. The summed E-state index contributed by atoms with van der Waals surface area (Å²) in [6.07, 6.45) is 0. The number of ether oxygens (including phenoxy) is 1. The Morgan fingerprint density at radius 3 is 2.45 bits per heavy atom. The van der Waals surface area contributed by atoms with Gasteiger partial charge >= 0.3 is 0 Å². The molecule has 0 radical (unpaired) electrons. The number of Topliss-reactive ketones (excluding diaryl/α,β-unsaturated/α-hetero) is 1. The summed E-state index contributed by atoms with van der Waals surface area (Å²) in [6.45, 7) is 3.06. The number of aliphatic hydroxyl groups is 1. The molecule has 1 aliphatic heterocycles. The third kappa shape index (κ3) is 4.68. The lowest BCUT2D eigenvalue weighted by molar-refractivity contribution is -0.140. The Morgan fingerprint density at radius 1 is 1.16 bits per heavy atom. The van der Waals surface area contributed by atoms with E-state index in [-0.39, 0.29) is 34.2 Å². The number of benzene rings is 2. The maximum atomic E-state index is 13.0. The average Bonchev–Trinajstić information content (AvgIpc) is 2.98. The molecule has 0 bridgehead atoms. The molecule has 0 aromatic heterocycles. The number of rotatable bonds is 7. The number of aromatic hydroxyl groups is 1. The van der Waals surface area contributed by atoms with Gasteiger partial charge in [0.05, 0.1) is 23.2 Å². The molecule has 1 fully saturated rings. The van der Waals surface area contributed by atoms with Gasteiger partial charge in [-0.25, -0.2) is 0 Å². The summed E-state index contributed by atoms with van der Waals surface area (Å²) >= 11 is 6.31. The number of ketones is 1. The standard InChI is InChI=1S/C23H25ClN2O5/c1-4-31-16-9-10-18(24)17(13-16)21(28)19-20(14-5-7-15(27)8-6-14)26(12-11-25(2)3)23(30)22(19)29/h5-10,13,20,27-28H,4,11-12H2,1-3H3/b21-19+. The smallest absolute Gasteiger partial charge is 0.295 e. The van der Waals surface area contributed by atoms with Crippen molar-refractivity contribution >= 4 is 29.1 Å². The molecule has 1 atom stereocenters. The van der Waals surface area contributed by atoms with E-state index >= 15 is 0 Å². The lowest BCUT2D eigenvalue weighted by Crippen LogP contribution is -2.35. The van der Waals surface area contributed by atoms with E-state index in [9.17, 15) is 19.8 Å². The highest BCUT2D eigenvalue weighted by Crippen LogP contribution is 2.41. The van der Waals surface area contributed by atoms with Gasteiger partial charge in [-0.15, -0.1) is 0 Å². The van der Waals surface area contributed by atoms with E-state index in [0.717, 1.165) is 0 Å². The van der Waals surface area contributed by atoms with Gasteiger partial charge < -0.3 is 24.7 Å². The molecular weight excluding hydrogens is 420 g/mol. The van der Waals surface area contributed by atoms with Crippen LogP contribution in [0.5, 0.6) is 11.5 Å². The molecule has 1 saturated heterocycles. The van der Waals surface area contributed by atoms with Gasteiger partial charge in [0.15, 0.2) is 0 Å². The van der Waals surface area contributed by atoms with Crippen molar-refractivity contribution < 1.29 is 24.5 Å². The highest BCUT2D eigenvalue weighted by atomic mass is 35.5. The third-order valence-electron chi connectivity index (χ3n) is 5.04. The van der Waals surface area contributed by atoms with Crippen LogP contribution in [0.15, 0.2) is 48.0 Å². The van der Waals surface area contributed by atoms with E-state index in [1.807, 2.05) is 25.9 Å². The summed E-state index contributed by atoms with van der Waals surface area (Å²) in [5, 5.41) is 21.0. The summed E-state index contributed by atoms with van der Waals surface area (Å²) in [5.74, 6) is -1.31. The van der Waals surface area contributed by atoms with Crippen molar-refractivity contribution in [1.29, 1.82) is 0 Å². The number of carbonyl (C=O) groups excluding carboxylic acids is 2. The van der Waals surface area contributed by atoms with E-state index in [2.05, 4.69) is 0 Å². The van der Waals surface area contributed by atoms with Crippen LogP contribution < -0.4 is 4.74 Å². The Balaban J connectivity index is 2.17. The van der Waals surface area contributed by atoms with E-state index in [4.69, 9.17) is 16.3 Å².